The summed E-state index contributed by atoms with van der Waals surface area (Å²) in [4.78, 5) is 93.3. The highest BCUT2D eigenvalue weighted by molar-refractivity contribution is 6.33. The standard InChI is InChI=1S/C44H51ClN10O7/c1-5-54-33-9-7-29(20-27(33)21-35(42(54)61)62-25-37(57)46-4)48-39-32(45)24-47-43(50-39)52-16-18-53(19-17-52)44(2,3)28-12-14-51(15-13-28)30-8-6-26-22-38(58)55(41(60)31(26)23-30)34-10-11-36(56)49-40(34)59/h6-9,20-21,23-24,28,34H,5,10-19,22,25H2,1-4H3,(H,46,57)(H,47,48,50)(H,49,56,59). The van der Waals surface area contributed by atoms with E-state index in [-0.39, 0.29) is 48.6 Å². The van der Waals surface area contributed by atoms with Crippen molar-refractivity contribution in [2.24, 2.45) is 5.92 Å². The van der Waals surface area contributed by atoms with E-state index in [0.29, 0.717) is 46.1 Å². The minimum atomic E-state index is -0.982. The zero-order valence-electron chi connectivity index (χ0n) is 35.3. The van der Waals surface area contributed by atoms with Crippen molar-refractivity contribution in [2.45, 2.75) is 71.0 Å². The van der Waals surface area contributed by atoms with Crippen molar-refractivity contribution in [1.29, 1.82) is 0 Å². The Balaban J connectivity index is 0.884. The number of nitrogens with zero attached hydrogens (tertiary/aromatic N) is 7. The summed E-state index contributed by atoms with van der Waals surface area (Å²) in [5.41, 5.74) is 3.03. The van der Waals surface area contributed by atoms with Crippen LogP contribution >= 0.6 is 11.6 Å². The van der Waals surface area contributed by atoms with Gasteiger partial charge in [-0.1, -0.05) is 17.7 Å². The van der Waals surface area contributed by atoms with Gasteiger partial charge in [0.2, 0.25) is 23.7 Å². The van der Waals surface area contributed by atoms with E-state index in [4.69, 9.17) is 21.3 Å². The van der Waals surface area contributed by atoms with Gasteiger partial charge in [0, 0.05) is 87.1 Å². The lowest BCUT2D eigenvalue weighted by Gasteiger charge is -2.50. The Labute approximate surface area is 363 Å². The van der Waals surface area contributed by atoms with Gasteiger partial charge in [-0.15, -0.1) is 0 Å². The second kappa shape index (κ2) is 17.4. The first-order chi connectivity index (χ1) is 29.7. The molecule has 17 nitrogen and oxygen atoms in total. The summed E-state index contributed by atoms with van der Waals surface area (Å²) >= 11 is 6.61. The molecule has 18 heteroatoms. The van der Waals surface area contributed by atoms with Gasteiger partial charge < -0.3 is 29.7 Å². The molecule has 1 unspecified atom stereocenters. The zero-order valence-corrected chi connectivity index (χ0v) is 36.1. The number of amides is 5. The third-order valence-corrected chi connectivity index (χ3v) is 13.2. The molecule has 326 valence electrons. The number of nitrogens with one attached hydrogen (secondary N) is 3. The molecule has 0 spiro atoms. The van der Waals surface area contributed by atoms with Crippen molar-refractivity contribution in [3.05, 3.63) is 75.2 Å². The van der Waals surface area contributed by atoms with Gasteiger partial charge >= 0.3 is 0 Å². The normalized spacial score (nSPS) is 19.1. The van der Waals surface area contributed by atoms with Crippen molar-refractivity contribution >= 4 is 75.2 Å². The van der Waals surface area contributed by atoms with E-state index in [2.05, 4.69) is 49.5 Å². The van der Waals surface area contributed by atoms with Gasteiger partial charge in [0.15, 0.2) is 18.2 Å². The molecular weight excluding hydrogens is 816 g/mol. The van der Waals surface area contributed by atoms with Crippen LogP contribution in [0.5, 0.6) is 5.75 Å². The lowest BCUT2D eigenvalue weighted by molar-refractivity contribution is -0.143. The third kappa shape index (κ3) is 8.30. The van der Waals surface area contributed by atoms with Crippen LogP contribution in [0, 0.1) is 5.92 Å². The number of piperazine rings is 1. The SMILES string of the molecule is CCn1c(=O)c(OCC(=O)NC)cc2cc(Nc3nc(N4CCN(C(C)(C)C5CCN(c6ccc7c(c6)C(=O)N(C6CCC(=O)NC6=O)C(=O)C7)CC5)CC4)ncc3Cl)ccc21. The molecule has 1 atom stereocenters. The fourth-order valence-electron chi connectivity index (χ4n) is 9.24. The summed E-state index contributed by atoms with van der Waals surface area (Å²) in [6.45, 7) is 11.4. The largest absolute Gasteiger partial charge is 0.478 e. The van der Waals surface area contributed by atoms with E-state index in [9.17, 15) is 28.8 Å². The van der Waals surface area contributed by atoms with Crippen LogP contribution in [0.15, 0.2) is 53.5 Å². The number of carbonyl (C=O) groups excluding carboxylic acids is 5. The number of carbonyl (C=O) groups is 5. The molecule has 0 bridgehead atoms. The predicted octanol–water partition coefficient (Wildman–Crippen LogP) is 3.48. The number of halogens is 1. The zero-order chi connectivity index (χ0) is 43.9. The highest BCUT2D eigenvalue weighted by atomic mass is 35.5. The molecule has 0 radical (unpaired) electrons. The fourth-order valence-corrected chi connectivity index (χ4v) is 9.38. The van der Waals surface area contributed by atoms with E-state index in [1.165, 1.54) is 7.05 Å². The van der Waals surface area contributed by atoms with Crippen molar-refractivity contribution in [3.63, 3.8) is 0 Å². The average Bonchev–Trinajstić information content (AvgIpc) is 3.27. The van der Waals surface area contributed by atoms with Crippen LogP contribution in [0.3, 0.4) is 0 Å². The molecule has 2 aromatic heterocycles. The topological polar surface area (TPSA) is 191 Å². The van der Waals surface area contributed by atoms with E-state index in [0.717, 1.165) is 73.6 Å². The smallest absolute Gasteiger partial charge is 0.293 e. The van der Waals surface area contributed by atoms with Crippen molar-refractivity contribution in [2.75, 3.05) is 68.0 Å². The second-order valence-corrected chi connectivity index (χ2v) is 17.1. The molecule has 0 aliphatic carbocycles. The Bertz CT molecular complexity index is 2510. The van der Waals surface area contributed by atoms with Crippen LogP contribution in [0.25, 0.3) is 10.9 Å². The number of piperidine rings is 2. The van der Waals surface area contributed by atoms with Crippen LogP contribution in [0.2, 0.25) is 5.02 Å². The van der Waals surface area contributed by atoms with Crippen LogP contribution in [0.4, 0.5) is 23.1 Å². The molecule has 62 heavy (non-hydrogen) atoms. The molecule has 8 rings (SSSR count). The van der Waals surface area contributed by atoms with Gasteiger partial charge in [-0.25, -0.2) is 4.98 Å². The molecule has 0 saturated carbocycles. The van der Waals surface area contributed by atoms with Crippen molar-refractivity contribution in [3.8, 4) is 5.75 Å². The number of hydrogen-bond donors (Lipinski definition) is 3. The summed E-state index contributed by atoms with van der Waals surface area (Å²) < 4.78 is 7.18. The van der Waals surface area contributed by atoms with Crippen LogP contribution in [-0.4, -0.2) is 118 Å². The fraction of sp³-hybridized carbons (Fsp3) is 0.455. The van der Waals surface area contributed by atoms with Gasteiger partial charge in [-0.3, -0.25) is 43.9 Å². The highest BCUT2D eigenvalue weighted by Crippen LogP contribution is 2.37. The molecule has 2 aromatic carbocycles. The van der Waals surface area contributed by atoms with Crippen LogP contribution < -0.4 is 36.0 Å². The van der Waals surface area contributed by atoms with Gasteiger partial charge in [0.1, 0.15) is 11.1 Å². The minimum absolute atomic E-state index is 0.0300. The Hall–Kier alpha value is -6.07. The molecule has 5 amide bonds. The first-order valence-corrected chi connectivity index (χ1v) is 21.5. The summed E-state index contributed by atoms with van der Waals surface area (Å²) in [7, 11) is 1.51. The number of aryl methyl sites for hydroxylation is 1. The molecule has 4 aromatic rings. The molecular formula is C44H51ClN10O7. The number of ether oxygens (including phenoxy) is 1. The lowest BCUT2D eigenvalue weighted by Crippen LogP contribution is -2.59. The van der Waals surface area contributed by atoms with Gasteiger partial charge in [0.05, 0.1) is 18.1 Å². The summed E-state index contributed by atoms with van der Waals surface area (Å²) in [5, 5.41) is 9.19. The maximum Gasteiger partial charge on any atom is 0.293 e. The second-order valence-electron chi connectivity index (χ2n) is 16.7. The molecule has 4 aliphatic rings. The third-order valence-electron chi connectivity index (χ3n) is 12.9. The maximum atomic E-state index is 13.7. The van der Waals surface area contributed by atoms with Gasteiger partial charge in [0.25, 0.3) is 17.4 Å². The monoisotopic (exact) mass is 866 g/mol. The Morgan fingerprint density at radius 1 is 0.952 bits per heavy atom. The lowest BCUT2D eigenvalue weighted by atomic mass is 9.78. The number of hydrogen-bond acceptors (Lipinski definition) is 13. The number of aromatic nitrogens is 3. The first kappa shape index (κ1) is 42.6. The minimum Gasteiger partial charge on any atom is -0.478 e. The Morgan fingerprint density at radius 3 is 2.42 bits per heavy atom. The maximum absolute atomic E-state index is 13.7. The molecule has 3 N–H and O–H groups in total. The van der Waals surface area contributed by atoms with Crippen molar-refractivity contribution in [1.82, 2.24) is 35.0 Å². The number of anilines is 4. The summed E-state index contributed by atoms with van der Waals surface area (Å²) in [6.07, 6.45) is 3.77. The Morgan fingerprint density at radius 2 is 1.71 bits per heavy atom. The van der Waals surface area contributed by atoms with E-state index in [1.54, 1.807) is 16.8 Å². The number of rotatable bonds is 11. The number of benzene rings is 2. The molecule has 3 fully saturated rings. The van der Waals surface area contributed by atoms with E-state index >= 15 is 0 Å². The van der Waals surface area contributed by atoms with E-state index < -0.39 is 29.7 Å². The van der Waals surface area contributed by atoms with Gasteiger partial charge in [-0.05, 0) is 87.9 Å². The first-order valence-electron chi connectivity index (χ1n) is 21.1. The number of fused-ring (bicyclic) bond motifs is 2. The number of pyridine rings is 1. The van der Waals surface area contributed by atoms with E-state index in [1.807, 2.05) is 43.3 Å². The molecule has 3 saturated heterocycles. The highest BCUT2D eigenvalue weighted by Gasteiger charge is 2.43. The predicted molar refractivity (Wildman–Crippen MR) is 234 cm³/mol. The molecule has 4 aliphatic heterocycles. The Kier molecular flexibility index (Phi) is 11.9. The number of likely N-dealkylation sites (N-methyl/N-ethyl adjacent to an activating group) is 1. The summed E-state index contributed by atoms with van der Waals surface area (Å²) in [6, 6.07) is 11.9. The average molecular weight is 867 g/mol. The van der Waals surface area contributed by atoms with Gasteiger partial charge in [-0.2, -0.15) is 4.98 Å². The molecule has 6 heterocycles. The van der Waals surface area contributed by atoms with Crippen LogP contribution in [-0.2, 0) is 32.1 Å². The summed E-state index contributed by atoms with van der Waals surface area (Å²) in [5.74, 6) is -0.720. The van der Waals surface area contributed by atoms with Crippen LogP contribution in [0.1, 0.15) is 62.4 Å². The number of imide groups is 2. The van der Waals surface area contributed by atoms with Crippen molar-refractivity contribution < 1.29 is 28.7 Å². The quantitative estimate of drug-likeness (QED) is 0.186.